The van der Waals surface area contributed by atoms with Crippen LogP contribution in [0, 0.1) is 0 Å². The van der Waals surface area contributed by atoms with Crippen molar-refractivity contribution in [2.45, 2.75) is 38.8 Å². The van der Waals surface area contributed by atoms with Crippen LogP contribution in [-0.4, -0.2) is 16.4 Å². The molecule has 5 heteroatoms. The molecule has 0 saturated carbocycles. The minimum Gasteiger partial charge on any atom is -0.494 e. The van der Waals surface area contributed by atoms with Crippen LogP contribution in [0.4, 0.5) is 0 Å². The van der Waals surface area contributed by atoms with Gasteiger partial charge in [0.2, 0.25) is 0 Å². The molecule has 18 heavy (non-hydrogen) atoms. The van der Waals surface area contributed by atoms with E-state index in [0.717, 1.165) is 12.2 Å². The Morgan fingerprint density at radius 2 is 1.78 bits per heavy atom. The quantitative estimate of drug-likeness (QED) is 0.562. The zero-order valence-electron chi connectivity index (χ0n) is 10.7. The molecule has 0 fully saturated rings. The summed E-state index contributed by atoms with van der Waals surface area (Å²) in [5.41, 5.74) is 0.627. The molecule has 1 aromatic rings. The van der Waals surface area contributed by atoms with Crippen molar-refractivity contribution in [1.29, 1.82) is 0 Å². The molecule has 0 aliphatic carbocycles. The molecule has 1 rings (SSSR count). The maximum atomic E-state index is 10.8. The maximum Gasteiger partial charge on any atom is 0.329 e. The van der Waals surface area contributed by atoms with E-state index in [1.165, 1.54) is 19.3 Å². The van der Waals surface area contributed by atoms with E-state index in [1.807, 2.05) is 0 Å². The van der Waals surface area contributed by atoms with Crippen molar-refractivity contribution in [2.75, 3.05) is 6.61 Å². The number of ether oxygens (including phenoxy) is 1. The molecule has 0 aliphatic rings. The second-order valence-corrected chi connectivity index (χ2v) is 6.02. The van der Waals surface area contributed by atoms with Gasteiger partial charge in [0.1, 0.15) is 5.75 Å². The van der Waals surface area contributed by atoms with E-state index < -0.39 is 7.60 Å². The predicted molar refractivity (Wildman–Crippen MR) is 71.8 cm³/mol. The average molecular weight is 272 g/mol. The third-order valence-corrected chi connectivity index (χ3v) is 3.36. The van der Waals surface area contributed by atoms with Gasteiger partial charge in [0.25, 0.3) is 0 Å². The number of hydrogen-bond acceptors (Lipinski definition) is 2. The Kier molecular flexibility index (Phi) is 6.41. The van der Waals surface area contributed by atoms with Crippen molar-refractivity contribution in [3.63, 3.8) is 0 Å². The van der Waals surface area contributed by atoms with Crippen LogP contribution >= 0.6 is 7.60 Å². The Hall–Kier alpha value is -0.830. The molecule has 0 amide bonds. The first-order chi connectivity index (χ1) is 8.51. The highest BCUT2D eigenvalue weighted by Gasteiger charge is 2.13. The number of benzene rings is 1. The van der Waals surface area contributed by atoms with Gasteiger partial charge < -0.3 is 14.5 Å². The van der Waals surface area contributed by atoms with Crippen LogP contribution in [0.1, 0.15) is 38.2 Å². The molecule has 0 saturated heterocycles. The monoisotopic (exact) mass is 272 g/mol. The fourth-order valence-electron chi connectivity index (χ4n) is 1.65. The molecule has 4 nitrogen and oxygen atoms in total. The lowest BCUT2D eigenvalue weighted by atomic mass is 10.2. The normalized spacial score (nSPS) is 11.5. The highest BCUT2D eigenvalue weighted by Crippen LogP contribution is 2.39. The second-order valence-electron chi connectivity index (χ2n) is 4.38. The Bertz CT molecular complexity index is 382. The molecule has 0 unspecified atom stereocenters. The lowest BCUT2D eigenvalue weighted by Gasteiger charge is -2.07. The van der Waals surface area contributed by atoms with Gasteiger partial charge in [-0.1, -0.05) is 38.3 Å². The van der Waals surface area contributed by atoms with Gasteiger partial charge in [0.05, 0.1) is 12.8 Å². The van der Waals surface area contributed by atoms with E-state index in [4.69, 9.17) is 14.5 Å². The summed E-state index contributed by atoms with van der Waals surface area (Å²) in [4.78, 5) is 17.7. The maximum absolute atomic E-state index is 10.8. The third-order valence-electron chi connectivity index (χ3n) is 2.58. The highest BCUT2D eigenvalue weighted by molar-refractivity contribution is 7.50. The van der Waals surface area contributed by atoms with Crippen LogP contribution in [0.2, 0.25) is 0 Å². The lowest BCUT2D eigenvalue weighted by molar-refractivity contribution is 0.305. The predicted octanol–water partition coefficient (Wildman–Crippen LogP) is 3.32. The van der Waals surface area contributed by atoms with Gasteiger partial charge in [-0.05, 0) is 24.1 Å². The average Bonchev–Trinajstić information content (AvgIpc) is 2.29. The van der Waals surface area contributed by atoms with Gasteiger partial charge in [-0.2, -0.15) is 0 Å². The van der Waals surface area contributed by atoms with Gasteiger partial charge in [-0.3, -0.25) is 4.57 Å². The summed E-state index contributed by atoms with van der Waals surface area (Å²) in [7, 11) is -3.98. The molecule has 0 radical (unpaired) electrons. The fraction of sp³-hybridized carbons (Fsp3) is 0.538. The number of unbranched alkanes of at least 4 members (excludes halogenated alkanes) is 3. The molecule has 0 spiro atoms. The standard InChI is InChI=1S/C13H21O4P/c1-2-3-4-5-10-17-13-8-6-12(7-9-13)11-18(14,15)16/h6-9H,2-5,10-11H2,1H3,(H2,14,15,16). The van der Waals surface area contributed by atoms with E-state index in [0.29, 0.717) is 12.2 Å². The Labute approximate surface area is 108 Å². The van der Waals surface area contributed by atoms with Gasteiger partial charge in [-0.25, -0.2) is 0 Å². The zero-order valence-corrected chi connectivity index (χ0v) is 11.6. The highest BCUT2D eigenvalue weighted by atomic mass is 31.2. The summed E-state index contributed by atoms with van der Waals surface area (Å²) in [5.74, 6) is 0.751. The Balaban J connectivity index is 2.34. The van der Waals surface area contributed by atoms with E-state index >= 15 is 0 Å². The Morgan fingerprint density at radius 3 is 2.33 bits per heavy atom. The van der Waals surface area contributed by atoms with Crippen molar-refractivity contribution in [2.24, 2.45) is 0 Å². The van der Waals surface area contributed by atoms with Gasteiger partial charge >= 0.3 is 7.60 Å². The molecular weight excluding hydrogens is 251 g/mol. The lowest BCUT2D eigenvalue weighted by Crippen LogP contribution is -1.97. The van der Waals surface area contributed by atoms with Crippen molar-refractivity contribution in [3.05, 3.63) is 29.8 Å². The SMILES string of the molecule is CCCCCCOc1ccc(CP(=O)(O)O)cc1. The van der Waals surface area contributed by atoms with E-state index in [1.54, 1.807) is 24.3 Å². The molecular formula is C13H21O4P. The molecule has 0 bridgehead atoms. The summed E-state index contributed by atoms with van der Waals surface area (Å²) in [6.07, 6.45) is 4.43. The second kappa shape index (κ2) is 7.57. The van der Waals surface area contributed by atoms with Crippen LogP contribution in [-0.2, 0) is 10.7 Å². The van der Waals surface area contributed by atoms with Crippen LogP contribution < -0.4 is 4.74 Å². The topological polar surface area (TPSA) is 66.8 Å². The fourth-order valence-corrected chi connectivity index (χ4v) is 2.33. The summed E-state index contributed by atoms with van der Waals surface area (Å²) in [6.45, 7) is 2.86. The van der Waals surface area contributed by atoms with Crippen molar-refractivity contribution in [3.8, 4) is 5.75 Å². The Morgan fingerprint density at radius 1 is 1.11 bits per heavy atom. The van der Waals surface area contributed by atoms with Crippen LogP contribution in [0.3, 0.4) is 0 Å². The van der Waals surface area contributed by atoms with E-state index in [-0.39, 0.29) is 6.16 Å². The summed E-state index contributed by atoms with van der Waals surface area (Å²) < 4.78 is 16.4. The molecule has 0 atom stereocenters. The van der Waals surface area contributed by atoms with Crippen LogP contribution in [0.15, 0.2) is 24.3 Å². The van der Waals surface area contributed by atoms with Gasteiger partial charge in [0.15, 0.2) is 0 Å². The molecule has 0 aliphatic heterocycles. The molecule has 2 N–H and O–H groups in total. The van der Waals surface area contributed by atoms with Crippen LogP contribution in [0.25, 0.3) is 0 Å². The van der Waals surface area contributed by atoms with Crippen molar-refractivity contribution >= 4 is 7.60 Å². The largest absolute Gasteiger partial charge is 0.494 e. The third kappa shape index (κ3) is 6.80. The first-order valence-electron chi connectivity index (χ1n) is 6.27. The number of hydrogen-bond donors (Lipinski definition) is 2. The van der Waals surface area contributed by atoms with E-state index in [9.17, 15) is 4.57 Å². The summed E-state index contributed by atoms with van der Waals surface area (Å²) in [6, 6.07) is 6.90. The molecule has 0 aromatic heterocycles. The summed E-state index contributed by atoms with van der Waals surface area (Å²) >= 11 is 0. The smallest absolute Gasteiger partial charge is 0.329 e. The van der Waals surface area contributed by atoms with Gasteiger partial charge in [0, 0.05) is 0 Å². The molecule has 0 heterocycles. The molecule has 1 aromatic carbocycles. The minimum atomic E-state index is -3.98. The minimum absolute atomic E-state index is 0.218. The summed E-state index contributed by atoms with van der Waals surface area (Å²) in [5, 5.41) is 0. The first-order valence-corrected chi connectivity index (χ1v) is 8.07. The van der Waals surface area contributed by atoms with Gasteiger partial charge in [-0.15, -0.1) is 0 Å². The molecule has 102 valence electrons. The van der Waals surface area contributed by atoms with Crippen molar-refractivity contribution < 1.29 is 19.1 Å². The number of rotatable bonds is 8. The van der Waals surface area contributed by atoms with E-state index in [2.05, 4.69) is 6.92 Å². The zero-order chi connectivity index (χ0) is 13.4. The first kappa shape index (κ1) is 15.2. The van der Waals surface area contributed by atoms with Crippen LogP contribution in [0.5, 0.6) is 5.75 Å². The van der Waals surface area contributed by atoms with Crippen molar-refractivity contribution in [1.82, 2.24) is 0 Å².